The number of hydrogen-bond donors (Lipinski definition) is 0. The van der Waals surface area contributed by atoms with Crippen LogP contribution in [0, 0.1) is 0 Å². The molecule has 0 saturated heterocycles. The highest BCUT2D eigenvalue weighted by atomic mass is 16.5. The zero-order valence-corrected chi connectivity index (χ0v) is 16.0. The highest BCUT2D eigenvalue weighted by Gasteiger charge is 2.36. The summed E-state index contributed by atoms with van der Waals surface area (Å²) in [5.41, 5.74) is 0.836. The summed E-state index contributed by atoms with van der Waals surface area (Å²) in [6, 6.07) is 16.0. The summed E-state index contributed by atoms with van der Waals surface area (Å²) in [5, 5.41) is 0. The topological polar surface area (TPSA) is 93.9 Å². The van der Waals surface area contributed by atoms with Crippen molar-refractivity contribution in [1.82, 2.24) is 4.90 Å². The van der Waals surface area contributed by atoms with Crippen LogP contribution in [-0.2, 0) is 11.3 Å². The summed E-state index contributed by atoms with van der Waals surface area (Å²) < 4.78 is 10.5. The zero-order valence-electron chi connectivity index (χ0n) is 16.0. The molecule has 1 unspecified atom stereocenters. The van der Waals surface area contributed by atoms with Crippen molar-refractivity contribution < 1.29 is 28.3 Å². The number of ether oxygens (including phenoxy) is 1. The van der Waals surface area contributed by atoms with Gasteiger partial charge < -0.3 is 9.15 Å². The Balaban J connectivity index is 1.50. The first-order chi connectivity index (χ1) is 14.5. The van der Waals surface area contributed by atoms with E-state index in [2.05, 4.69) is 0 Å². The molecular formula is C23H17NO6. The number of hydrogen-bond acceptors (Lipinski definition) is 6. The zero-order chi connectivity index (χ0) is 21.3. The fourth-order valence-electron chi connectivity index (χ4n) is 3.24. The molecule has 3 aromatic rings. The number of carbonyl (C=O) groups is 4. The van der Waals surface area contributed by atoms with Crippen LogP contribution in [0.3, 0.4) is 0 Å². The molecule has 0 spiro atoms. The molecule has 1 aliphatic heterocycles. The van der Waals surface area contributed by atoms with Gasteiger partial charge in [0, 0.05) is 5.56 Å². The van der Waals surface area contributed by atoms with Gasteiger partial charge in [-0.3, -0.25) is 19.3 Å². The van der Waals surface area contributed by atoms with E-state index in [-0.39, 0.29) is 29.0 Å². The van der Waals surface area contributed by atoms with Crippen LogP contribution in [0.2, 0.25) is 0 Å². The third-order valence-electron chi connectivity index (χ3n) is 4.81. The molecule has 7 nitrogen and oxygen atoms in total. The molecule has 0 aliphatic carbocycles. The van der Waals surface area contributed by atoms with Crippen LogP contribution in [0.15, 0.2) is 71.3 Å². The lowest BCUT2D eigenvalue weighted by atomic mass is 10.1. The van der Waals surface area contributed by atoms with Crippen molar-refractivity contribution in [2.24, 2.45) is 0 Å². The van der Waals surface area contributed by atoms with Crippen molar-refractivity contribution in [1.29, 1.82) is 0 Å². The van der Waals surface area contributed by atoms with Crippen LogP contribution in [0.4, 0.5) is 0 Å². The summed E-state index contributed by atoms with van der Waals surface area (Å²) >= 11 is 0. The molecule has 2 aromatic carbocycles. The van der Waals surface area contributed by atoms with Crippen LogP contribution in [0.25, 0.3) is 0 Å². The summed E-state index contributed by atoms with van der Waals surface area (Å²) in [4.78, 5) is 51.2. The quantitative estimate of drug-likeness (QED) is 0.355. The van der Waals surface area contributed by atoms with Gasteiger partial charge in [-0.25, -0.2) is 4.79 Å². The lowest BCUT2D eigenvalue weighted by molar-refractivity contribution is 0.0318. The van der Waals surface area contributed by atoms with E-state index in [0.29, 0.717) is 11.3 Å². The summed E-state index contributed by atoms with van der Waals surface area (Å²) in [6.07, 6.45) is 0.459. The Morgan fingerprint density at radius 2 is 1.67 bits per heavy atom. The average Bonchev–Trinajstić information content (AvgIpc) is 3.36. The van der Waals surface area contributed by atoms with Crippen molar-refractivity contribution in [2.75, 3.05) is 0 Å². The molecule has 2 heterocycles. The maximum absolute atomic E-state index is 12.7. The van der Waals surface area contributed by atoms with E-state index >= 15 is 0 Å². The number of nitrogens with zero attached hydrogens (tertiary/aromatic N) is 1. The molecule has 0 radical (unpaired) electrons. The molecule has 1 aliphatic rings. The third kappa shape index (κ3) is 3.53. The highest BCUT2D eigenvalue weighted by Crippen LogP contribution is 2.26. The van der Waals surface area contributed by atoms with Crippen molar-refractivity contribution in [3.63, 3.8) is 0 Å². The van der Waals surface area contributed by atoms with E-state index in [1.807, 2.05) is 0 Å². The van der Waals surface area contributed by atoms with Gasteiger partial charge in [-0.1, -0.05) is 30.3 Å². The average molecular weight is 403 g/mol. The normalized spacial score (nSPS) is 13.8. The lowest BCUT2D eigenvalue weighted by Crippen LogP contribution is -2.28. The molecule has 0 fully saturated rings. The molecule has 1 aromatic heterocycles. The Kier molecular flexibility index (Phi) is 5.02. The van der Waals surface area contributed by atoms with Crippen LogP contribution in [-0.4, -0.2) is 34.6 Å². The van der Waals surface area contributed by atoms with E-state index in [9.17, 15) is 19.2 Å². The molecular weight excluding hydrogens is 386 g/mol. The summed E-state index contributed by atoms with van der Waals surface area (Å²) in [6.45, 7) is 1.49. The highest BCUT2D eigenvalue weighted by molar-refractivity contribution is 6.21. The predicted molar refractivity (Wildman–Crippen MR) is 105 cm³/mol. The number of imide groups is 1. The van der Waals surface area contributed by atoms with Gasteiger partial charge in [-0.05, 0) is 37.3 Å². The standard InChI is InChI=1S/C23H17NO6/c1-14(20(25)15-6-3-2-4-7-15)30-23(28)16-9-10-18-19(12-16)22(27)24(21(18)26)13-17-8-5-11-29-17/h2-12,14H,13H2,1H3. The second-order valence-electron chi connectivity index (χ2n) is 6.81. The number of ketones is 1. The Hall–Kier alpha value is -4.00. The van der Waals surface area contributed by atoms with Gasteiger partial charge in [0.2, 0.25) is 5.78 Å². The number of furan rings is 1. The maximum Gasteiger partial charge on any atom is 0.338 e. The van der Waals surface area contributed by atoms with E-state index in [1.54, 1.807) is 42.5 Å². The maximum atomic E-state index is 12.7. The van der Waals surface area contributed by atoms with Gasteiger partial charge in [0.05, 0.1) is 29.5 Å². The Labute approximate surface area is 171 Å². The van der Waals surface area contributed by atoms with Crippen LogP contribution >= 0.6 is 0 Å². The van der Waals surface area contributed by atoms with Gasteiger partial charge in [0.1, 0.15) is 5.76 Å². The molecule has 1 atom stereocenters. The molecule has 30 heavy (non-hydrogen) atoms. The number of esters is 1. The lowest BCUT2D eigenvalue weighted by Gasteiger charge is -2.12. The predicted octanol–water partition coefficient (Wildman–Crippen LogP) is 3.50. The van der Waals surface area contributed by atoms with E-state index in [0.717, 1.165) is 4.90 Å². The monoisotopic (exact) mass is 403 g/mol. The van der Waals surface area contributed by atoms with E-state index < -0.39 is 23.9 Å². The number of fused-ring (bicyclic) bond motifs is 1. The fraction of sp³-hybridized carbons (Fsp3) is 0.130. The minimum atomic E-state index is -0.999. The number of rotatable bonds is 6. The van der Waals surface area contributed by atoms with Crippen molar-refractivity contribution in [3.8, 4) is 0 Å². The number of Topliss-reactive ketones (excluding diaryl/α,β-unsaturated/α-hetero) is 1. The largest absolute Gasteiger partial charge is 0.467 e. The van der Waals surface area contributed by atoms with Crippen LogP contribution < -0.4 is 0 Å². The number of carbonyl (C=O) groups excluding carboxylic acids is 4. The molecule has 0 saturated carbocycles. The number of benzene rings is 2. The SMILES string of the molecule is CC(OC(=O)c1ccc2c(c1)C(=O)N(Cc1ccco1)C2=O)C(=O)c1ccccc1. The van der Waals surface area contributed by atoms with Crippen LogP contribution in [0.1, 0.15) is 54.1 Å². The summed E-state index contributed by atoms with van der Waals surface area (Å²) in [7, 11) is 0. The molecule has 0 N–H and O–H groups in total. The Bertz CT molecular complexity index is 1130. The van der Waals surface area contributed by atoms with Crippen LogP contribution in [0.5, 0.6) is 0 Å². The van der Waals surface area contributed by atoms with Gasteiger partial charge >= 0.3 is 5.97 Å². The van der Waals surface area contributed by atoms with Gasteiger partial charge in [-0.2, -0.15) is 0 Å². The Morgan fingerprint density at radius 1 is 0.933 bits per heavy atom. The fourth-order valence-corrected chi connectivity index (χ4v) is 3.24. The second kappa shape index (κ2) is 7.79. The Morgan fingerprint density at radius 3 is 2.37 bits per heavy atom. The minimum Gasteiger partial charge on any atom is -0.467 e. The van der Waals surface area contributed by atoms with Crippen molar-refractivity contribution in [3.05, 3.63) is 94.9 Å². The third-order valence-corrected chi connectivity index (χ3v) is 4.81. The van der Waals surface area contributed by atoms with Crippen molar-refractivity contribution >= 4 is 23.6 Å². The van der Waals surface area contributed by atoms with Crippen molar-refractivity contribution in [2.45, 2.75) is 19.6 Å². The number of amides is 2. The molecule has 0 bridgehead atoms. The second-order valence-corrected chi connectivity index (χ2v) is 6.81. The smallest absolute Gasteiger partial charge is 0.338 e. The minimum absolute atomic E-state index is 0.00172. The van der Waals surface area contributed by atoms with E-state index in [4.69, 9.17) is 9.15 Å². The summed E-state index contributed by atoms with van der Waals surface area (Å²) in [5.74, 6) is -1.59. The molecule has 7 heteroatoms. The molecule has 150 valence electrons. The first-order valence-corrected chi connectivity index (χ1v) is 9.28. The van der Waals surface area contributed by atoms with Gasteiger partial charge in [0.15, 0.2) is 6.10 Å². The van der Waals surface area contributed by atoms with Gasteiger partial charge in [-0.15, -0.1) is 0 Å². The molecule has 4 rings (SSSR count). The van der Waals surface area contributed by atoms with E-state index in [1.165, 1.54) is 31.4 Å². The first-order valence-electron chi connectivity index (χ1n) is 9.28. The first kappa shape index (κ1) is 19.3. The van der Waals surface area contributed by atoms with Gasteiger partial charge in [0.25, 0.3) is 11.8 Å². The molecule has 2 amide bonds.